The number of ether oxygens (including phenoxy) is 1. The van der Waals surface area contributed by atoms with Crippen LogP contribution >= 0.6 is 0 Å². The molecule has 0 saturated carbocycles. The molecule has 0 unspecified atom stereocenters. The Morgan fingerprint density at radius 2 is 1.74 bits per heavy atom. The predicted molar refractivity (Wildman–Crippen MR) is 116 cm³/mol. The highest BCUT2D eigenvalue weighted by atomic mass is 16.5. The number of anilines is 1. The molecule has 8 heteroatoms. The van der Waals surface area contributed by atoms with E-state index < -0.39 is 12.1 Å². The molecule has 0 bridgehead atoms. The molecule has 3 rings (SSSR count). The summed E-state index contributed by atoms with van der Waals surface area (Å²) in [6.45, 7) is 6.86. The van der Waals surface area contributed by atoms with Gasteiger partial charge in [0.25, 0.3) is 5.56 Å². The number of fused-ring (bicyclic) bond motifs is 1. The fourth-order valence-corrected chi connectivity index (χ4v) is 3.25. The van der Waals surface area contributed by atoms with E-state index in [2.05, 4.69) is 10.3 Å². The molecule has 1 heterocycles. The summed E-state index contributed by atoms with van der Waals surface area (Å²) in [4.78, 5) is 52.8. The molecule has 0 fully saturated rings. The average Bonchev–Trinajstić information content (AvgIpc) is 2.74. The first-order valence-corrected chi connectivity index (χ1v) is 9.85. The molecule has 160 valence electrons. The zero-order valence-electron chi connectivity index (χ0n) is 17.8. The van der Waals surface area contributed by atoms with Crippen molar-refractivity contribution in [1.29, 1.82) is 0 Å². The van der Waals surface area contributed by atoms with Crippen molar-refractivity contribution >= 4 is 34.4 Å². The largest absolute Gasteiger partial charge is 0.451 e. The van der Waals surface area contributed by atoms with Crippen LogP contribution in [0.15, 0.2) is 47.3 Å². The van der Waals surface area contributed by atoms with Gasteiger partial charge in [0.1, 0.15) is 5.69 Å². The molecule has 3 aromatic rings. The van der Waals surface area contributed by atoms with Crippen LogP contribution in [0.3, 0.4) is 0 Å². The highest BCUT2D eigenvalue weighted by Crippen LogP contribution is 2.17. The van der Waals surface area contributed by atoms with E-state index in [1.807, 2.05) is 6.92 Å². The number of nitrogens with one attached hydrogen (secondary N) is 1. The van der Waals surface area contributed by atoms with Crippen molar-refractivity contribution in [3.8, 4) is 0 Å². The fourth-order valence-electron chi connectivity index (χ4n) is 3.25. The lowest BCUT2D eigenvalue weighted by atomic mass is 10.1. The van der Waals surface area contributed by atoms with Crippen LogP contribution in [-0.4, -0.2) is 33.3 Å². The molecule has 1 amide bonds. The summed E-state index contributed by atoms with van der Waals surface area (Å²) in [6.07, 6.45) is -1.01. The van der Waals surface area contributed by atoms with Crippen molar-refractivity contribution in [2.24, 2.45) is 0 Å². The SMILES string of the molecule is CCn1c(=O)c(C)nc2cc(C(=O)O[C@@H](C)C(=O)c3ccc(NC(C)=O)cc3)ccc21. The molecule has 0 aliphatic heterocycles. The van der Waals surface area contributed by atoms with Crippen molar-refractivity contribution in [1.82, 2.24) is 9.55 Å². The minimum atomic E-state index is -1.01. The van der Waals surface area contributed by atoms with Gasteiger partial charge in [-0.2, -0.15) is 0 Å². The van der Waals surface area contributed by atoms with Crippen molar-refractivity contribution in [2.75, 3.05) is 5.32 Å². The molecule has 8 nitrogen and oxygen atoms in total. The van der Waals surface area contributed by atoms with Gasteiger partial charge in [0.2, 0.25) is 11.7 Å². The van der Waals surface area contributed by atoms with Gasteiger partial charge < -0.3 is 14.6 Å². The van der Waals surface area contributed by atoms with E-state index in [1.165, 1.54) is 13.8 Å². The smallest absolute Gasteiger partial charge is 0.338 e. The first kappa shape index (κ1) is 21.9. The lowest BCUT2D eigenvalue weighted by Crippen LogP contribution is -2.25. The Hall–Kier alpha value is -3.81. The second kappa shape index (κ2) is 8.91. The molecule has 0 aliphatic carbocycles. The molecule has 1 N–H and O–H groups in total. The minimum absolute atomic E-state index is 0.172. The van der Waals surface area contributed by atoms with Crippen molar-refractivity contribution in [2.45, 2.75) is 40.3 Å². The Morgan fingerprint density at radius 1 is 1.10 bits per heavy atom. The summed E-state index contributed by atoms with van der Waals surface area (Å²) in [5, 5.41) is 2.62. The number of amides is 1. The van der Waals surface area contributed by atoms with E-state index in [0.717, 1.165) is 0 Å². The molecule has 0 spiro atoms. The molecule has 1 aromatic heterocycles. The third-order valence-corrected chi connectivity index (χ3v) is 4.80. The zero-order chi connectivity index (χ0) is 22.7. The van der Waals surface area contributed by atoms with Crippen LogP contribution in [0.25, 0.3) is 11.0 Å². The van der Waals surface area contributed by atoms with Crippen LogP contribution in [-0.2, 0) is 16.1 Å². The number of hydrogen-bond acceptors (Lipinski definition) is 6. The van der Waals surface area contributed by atoms with E-state index in [4.69, 9.17) is 4.74 Å². The summed E-state index contributed by atoms with van der Waals surface area (Å²) in [7, 11) is 0. The van der Waals surface area contributed by atoms with Crippen molar-refractivity contribution in [3.63, 3.8) is 0 Å². The van der Waals surface area contributed by atoms with Gasteiger partial charge >= 0.3 is 5.97 Å². The maximum Gasteiger partial charge on any atom is 0.338 e. The third-order valence-electron chi connectivity index (χ3n) is 4.80. The maximum absolute atomic E-state index is 12.6. The van der Waals surface area contributed by atoms with Crippen LogP contribution < -0.4 is 10.9 Å². The molecule has 0 aliphatic rings. The number of ketones is 1. The second-order valence-corrected chi connectivity index (χ2v) is 7.12. The summed E-state index contributed by atoms with van der Waals surface area (Å²) in [5.41, 5.74) is 2.45. The molecule has 0 radical (unpaired) electrons. The average molecular weight is 421 g/mol. The number of carbonyl (C=O) groups is 3. The molecule has 0 saturated heterocycles. The lowest BCUT2D eigenvalue weighted by molar-refractivity contribution is -0.114. The number of rotatable bonds is 6. The first-order valence-electron chi connectivity index (χ1n) is 9.85. The topological polar surface area (TPSA) is 107 Å². The Bertz CT molecular complexity index is 1230. The van der Waals surface area contributed by atoms with Gasteiger partial charge in [-0.3, -0.25) is 14.4 Å². The van der Waals surface area contributed by atoms with E-state index in [-0.39, 0.29) is 22.8 Å². The minimum Gasteiger partial charge on any atom is -0.451 e. The second-order valence-electron chi connectivity index (χ2n) is 7.12. The Balaban J connectivity index is 1.78. The van der Waals surface area contributed by atoms with E-state index in [0.29, 0.717) is 34.5 Å². The highest BCUT2D eigenvalue weighted by Gasteiger charge is 2.21. The number of esters is 1. The highest BCUT2D eigenvalue weighted by molar-refractivity contribution is 6.02. The van der Waals surface area contributed by atoms with Crippen molar-refractivity contribution < 1.29 is 19.1 Å². The van der Waals surface area contributed by atoms with Crippen LogP contribution in [0, 0.1) is 6.92 Å². The number of nitrogens with zero attached hydrogens (tertiary/aromatic N) is 2. The van der Waals surface area contributed by atoms with E-state index >= 15 is 0 Å². The quantitative estimate of drug-likeness (QED) is 0.484. The summed E-state index contributed by atoms with van der Waals surface area (Å²) >= 11 is 0. The van der Waals surface area contributed by atoms with Crippen molar-refractivity contribution in [3.05, 3.63) is 69.6 Å². The van der Waals surface area contributed by atoms with Gasteiger partial charge in [0.05, 0.1) is 16.6 Å². The first-order chi connectivity index (χ1) is 14.7. The van der Waals surface area contributed by atoms with Gasteiger partial charge in [-0.05, 0) is 63.2 Å². The van der Waals surface area contributed by atoms with Gasteiger partial charge in [0.15, 0.2) is 6.10 Å². The summed E-state index contributed by atoms with van der Waals surface area (Å²) in [5.74, 6) is -1.24. The van der Waals surface area contributed by atoms with Gasteiger partial charge in [-0.15, -0.1) is 0 Å². The monoisotopic (exact) mass is 421 g/mol. The number of carbonyl (C=O) groups excluding carboxylic acids is 3. The van der Waals surface area contributed by atoms with Crippen LogP contribution in [0.1, 0.15) is 47.2 Å². The number of aromatic nitrogens is 2. The number of Topliss-reactive ketones (excluding diaryl/α,β-unsaturated/α-hetero) is 1. The molecule has 1 atom stereocenters. The number of benzene rings is 2. The fraction of sp³-hybridized carbons (Fsp3) is 0.261. The van der Waals surface area contributed by atoms with Gasteiger partial charge in [-0.1, -0.05) is 0 Å². The van der Waals surface area contributed by atoms with Crippen LogP contribution in [0.2, 0.25) is 0 Å². The maximum atomic E-state index is 12.6. The Labute approximate surface area is 178 Å². The van der Waals surface area contributed by atoms with E-state index in [9.17, 15) is 19.2 Å². The van der Waals surface area contributed by atoms with Crippen LogP contribution in [0.4, 0.5) is 5.69 Å². The number of aryl methyl sites for hydroxylation is 2. The number of hydrogen-bond donors (Lipinski definition) is 1. The molecule has 2 aromatic carbocycles. The molecule has 31 heavy (non-hydrogen) atoms. The molecular weight excluding hydrogens is 398 g/mol. The van der Waals surface area contributed by atoms with E-state index in [1.54, 1.807) is 54.0 Å². The lowest BCUT2D eigenvalue weighted by Gasteiger charge is -2.14. The standard InChI is InChI=1S/C23H23N3O5/c1-5-26-20-11-8-17(12-19(20)24-13(2)22(26)29)23(30)31-14(3)21(28)16-6-9-18(10-7-16)25-15(4)27/h6-12,14H,5H2,1-4H3,(H,25,27)/t14-/m0/s1. The summed E-state index contributed by atoms with van der Waals surface area (Å²) < 4.78 is 6.94. The van der Waals surface area contributed by atoms with Crippen LogP contribution in [0.5, 0.6) is 0 Å². The zero-order valence-corrected chi connectivity index (χ0v) is 17.8. The Kier molecular flexibility index (Phi) is 6.29. The van der Waals surface area contributed by atoms with Gasteiger partial charge in [-0.25, -0.2) is 9.78 Å². The summed E-state index contributed by atoms with van der Waals surface area (Å²) in [6, 6.07) is 11.1. The molecular formula is C23H23N3O5. The predicted octanol–water partition coefficient (Wildman–Crippen LogP) is 3.11. The van der Waals surface area contributed by atoms with Gasteiger partial charge in [0, 0.05) is 24.7 Å². The third kappa shape index (κ3) is 4.69. The Morgan fingerprint density at radius 3 is 2.35 bits per heavy atom. The normalized spacial score (nSPS) is 11.7.